The summed E-state index contributed by atoms with van der Waals surface area (Å²) in [5, 5.41) is 13.9. The predicted octanol–water partition coefficient (Wildman–Crippen LogP) is 6.01. The Morgan fingerprint density at radius 3 is 2.81 bits per heavy atom. The first-order valence-electron chi connectivity index (χ1n) is 10.4. The average molecular weight is 478 g/mol. The third-order valence-electron chi connectivity index (χ3n) is 5.41. The first kappa shape index (κ1) is 20.0. The van der Waals surface area contributed by atoms with Gasteiger partial charge in [0.05, 0.1) is 17.5 Å². The van der Waals surface area contributed by atoms with Crippen LogP contribution in [0.4, 0.5) is 0 Å². The van der Waals surface area contributed by atoms with Gasteiger partial charge in [0.15, 0.2) is 11.0 Å². The molecule has 0 aliphatic carbocycles. The number of rotatable bonds is 6. The number of aromatic nitrogens is 5. The summed E-state index contributed by atoms with van der Waals surface area (Å²) in [5.74, 6) is 0.888. The highest BCUT2D eigenvalue weighted by Gasteiger charge is 2.23. The molecule has 4 aromatic heterocycles. The number of benzene rings is 1. The Balaban J connectivity index is 1.38. The van der Waals surface area contributed by atoms with E-state index in [1.807, 2.05) is 12.1 Å². The molecule has 6 nitrogen and oxygen atoms in total. The number of fused-ring (bicyclic) bond motifs is 1. The quantitative estimate of drug-likeness (QED) is 0.279. The first-order chi connectivity index (χ1) is 15.8. The second-order valence-corrected chi connectivity index (χ2v) is 10.4. The maximum atomic E-state index is 5.92. The van der Waals surface area contributed by atoms with Gasteiger partial charge >= 0.3 is 0 Å². The number of nitrogens with zero attached hydrogens (tertiary/aromatic N) is 5. The molecule has 1 saturated heterocycles. The minimum Gasteiger partial charge on any atom is -0.376 e. The van der Waals surface area contributed by atoms with E-state index in [4.69, 9.17) is 4.74 Å². The summed E-state index contributed by atoms with van der Waals surface area (Å²) in [6, 6.07) is 16.7. The highest BCUT2D eigenvalue weighted by molar-refractivity contribution is 7.99. The second-order valence-electron chi connectivity index (χ2n) is 7.51. The molecule has 1 atom stereocenters. The summed E-state index contributed by atoms with van der Waals surface area (Å²) in [6.45, 7) is 1.57. The molecule has 0 spiro atoms. The van der Waals surface area contributed by atoms with Crippen molar-refractivity contribution in [2.75, 3.05) is 6.61 Å². The topological polar surface area (TPSA) is 65.7 Å². The van der Waals surface area contributed by atoms with Gasteiger partial charge in [-0.25, -0.2) is 9.97 Å². The molecule has 0 radical (unpaired) electrons. The molecule has 9 heteroatoms. The van der Waals surface area contributed by atoms with Crippen LogP contribution in [0.2, 0.25) is 0 Å². The molecule has 6 rings (SSSR count). The highest BCUT2D eigenvalue weighted by Crippen LogP contribution is 2.39. The fraction of sp³-hybridized carbons (Fsp3) is 0.217. The van der Waals surface area contributed by atoms with E-state index >= 15 is 0 Å². The number of hydrogen-bond donors (Lipinski definition) is 0. The Morgan fingerprint density at radius 1 is 1.06 bits per heavy atom. The van der Waals surface area contributed by atoms with E-state index in [0.29, 0.717) is 0 Å². The Labute approximate surface area is 197 Å². The fourth-order valence-electron chi connectivity index (χ4n) is 3.86. The van der Waals surface area contributed by atoms with Crippen LogP contribution in [0.15, 0.2) is 70.4 Å². The lowest BCUT2D eigenvalue weighted by Crippen LogP contribution is -2.16. The first-order valence-corrected chi connectivity index (χ1v) is 12.9. The van der Waals surface area contributed by atoms with Crippen LogP contribution < -0.4 is 0 Å². The molecule has 0 bridgehead atoms. The van der Waals surface area contributed by atoms with E-state index in [0.717, 1.165) is 57.1 Å². The largest absolute Gasteiger partial charge is 0.376 e. The summed E-state index contributed by atoms with van der Waals surface area (Å²) in [5.41, 5.74) is 1.19. The maximum Gasteiger partial charge on any atom is 0.197 e. The molecule has 1 aliphatic heterocycles. The minimum atomic E-state index is 0.195. The van der Waals surface area contributed by atoms with Gasteiger partial charge in [-0.2, -0.15) is 0 Å². The molecule has 5 heterocycles. The van der Waals surface area contributed by atoms with E-state index in [9.17, 15) is 0 Å². The van der Waals surface area contributed by atoms with Crippen LogP contribution in [0.3, 0.4) is 0 Å². The lowest BCUT2D eigenvalue weighted by atomic mass is 10.2. The third kappa shape index (κ3) is 3.86. The standard InChI is InChI=1S/C23H19N5OS3/c1-2-6-15(7-3-1)19-12-17-21(31-19)24-14-25-22(17)32-23-27-26-20(18-9-5-11-30-18)28(23)13-16-8-4-10-29-16/h1-3,5-7,9,11-12,14,16H,4,8,10,13H2/t16-/m1/s1. The zero-order valence-corrected chi connectivity index (χ0v) is 19.5. The Morgan fingerprint density at radius 2 is 2.00 bits per heavy atom. The van der Waals surface area contributed by atoms with Gasteiger partial charge in [0.25, 0.3) is 0 Å². The minimum absolute atomic E-state index is 0.195. The van der Waals surface area contributed by atoms with Crippen molar-refractivity contribution in [2.24, 2.45) is 0 Å². The lowest BCUT2D eigenvalue weighted by molar-refractivity contribution is 0.0953. The number of thiophene rings is 2. The number of ether oxygens (including phenoxy) is 1. The monoisotopic (exact) mass is 477 g/mol. The molecule has 1 fully saturated rings. The molecule has 32 heavy (non-hydrogen) atoms. The Hall–Kier alpha value is -2.59. The lowest BCUT2D eigenvalue weighted by Gasteiger charge is -2.14. The maximum absolute atomic E-state index is 5.92. The second kappa shape index (κ2) is 8.74. The Bertz CT molecular complexity index is 1340. The van der Waals surface area contributed by atoms with Gasteiger partial charge in [0, 0.05) is 16.9 Å². The van der Waals surface area contributed by atoms with Gasteiger partial charge in [-0.15, -0.1) is 32.9 Å². The van der Waals surface area contributed by atoms with Gasteiger partial charge in [-0.3, -0.25) is 4.57 Å². The summed E-state index contributed by atoms with van der Waals surface area (Å²) in [4.78, 5) is 12.4. The molecule has 0 N–H and O–H groups in total. The third-order valence-corrected chi connectivity index (χ3v) is 8.37. The zero-order valence-electron chi connectivity index (χ0n) is 17.0. The van der Waals surface area contributed by atoms with Crippen molar-refractivity contribution in [3.05, 3.63) is 60.2 Å². The summed E-state index contributed by atoms with van der Waals surface area (Å²) >= 11 is 4.90. The molecular weight excluding hydrogens is 458 g/mol. The molecule has 0 saturated carbocycles. The van der Waals surface area contributed by atoms with Gasteiger partial charge < -0.3 is 4.74 Å². The van der Waals surface area contributed by atoms with E-state index in [1.54, 1.807) is 40.8 Å². The van der Waals surface area contributed by atoms with Gasteiger partial charge in [0.1, 0.15) is 16.2 Å². The van der Waals surface area contributed by atoms with Crippen LogP contribution >= 0.6 is 34.4 Å². The smallest absolute Gasteiger partial charge is 0.197 e. The van der Waals surface area contributed by atoms with Crippen molar-refractivity contribution in [1.82, 2.24) is 24.7 Å². The Kier molecular flexibility index (Phi) is 5.48. The van der Waals surface area contributed by atoms with E-state index in [2.05, 4.69) is 66.5 Å². The predicted molar refractivity (Wildman–Crippen MR) is 129 cm³/mol. The summed E-state index contributed by atoms with van der Waals surface area (Å²) < 4.78 is 8.11. The van der Waals surface area contributed by atoms with Gasteiger partial charge in [-0.05, 0) is 47.7 Å². The molecule has 5 aromatic rings. The summed E-state index contributed by atoms with van der Waals surface area (Å²) in [6.07, 6.45) is 4.00. The molecule has 1 aliphatic rings. The van der Waals surface area contributed by atoms with E-state index in [-0.39, 0.29) is 6.10 Å². The average Bonchev–Trinajstić information content (AvgIpc) is 3.63. The van der Waals surface area contributed by atoms with Crippen LogP contribution in [-0.4, -0.2) is 37.4 Å². The van der Waals surface area contributed by atoms with Crippen LogP contribution in [0.25, 0.3) is 31.4 Å². The zero-order chi connectivity index (χ0) is 21.3. The number of hydrogen-bond acceptors (Lipinski definition) is 8. The van der Waals surface area contributed by atoms with Gasteiger partial charge in [-0.1, -0.05) is 36.4 Å². The van der Waals surface area contributed by atoms with E-state index < -0.39 is 0 Å². The van der Waals surface area contributed by atoms with Gasteiger partial charge in [0.2, 0.25) is 0 Å². The van der Waals surface area contributed by atoms with E-state index in [1.165, 1.54) is 10.4 Å². The molecule has 0 unspecified atom stereocenters. The SMILES string of the molecule is c1ccc(-c2cc3c(Sc4nnc(-c5cccs5)n4C[C@H]4CCCO4)ncnc3s2)cc1. The molecule has 160 valence electrons. The molecule has 0 amide bonds. The fourth-order valence-corrected chi connectivity index (χ4v) is 6.53. The molecular formula is C23H19N5OS3. The van der Waals surface area contributed by atoms with Crippen molar-refractivity contribution in [3.8, 4) is 21.1 Å². The van der Waals surface area contributed by atoms with Crippen LogP contribution in [0.5, 0.6) is 0 Å². The van der Waals surface area contributed by atoms with Crippen molar-refractivity contribution >= 4 is 44.7 Å². The van der Waals surface area contributed by atoms with Crippen molar-refractivity contribution in [1.29, 1.82) is 0 Å². The van der Waals surface area contributed by atoms with Crippen LogP contribution in [0, 0.1) is 0 Å². The van der Waals surface area contributed by atoms with Crippen LogP contribution in [0.1, 0.15) is 12.8 Å². The van der Waals surface area contributed by atoms with Crippen LogP contribution in [-0.2, 0) is 11.3 Å². The molecule has 1 aromatic carbocycles. The summed E-state index contributed by atoms with van der Waals surface area (Å²) in [7, 11) is 0. The van der Waals surface area contributed by atoms with Crippen molar-refractivity contribution in [2.45, 2.75) is 35.7 Å². The van der Waals surface area contributed by atoms with Crippen molar-refractivity contribution in [3.63, 3.8) is 0 Å². The highest BCUT2D eigenvalue weighted by atomic mass is 32.2. The normalized spacial score (nSPS) is 16.2. The van der Waals surface area contributed by atoms with Crippen molar-refractivity contribution < 1.29 is 4.74 Å².